The number of esters is 2. The van der Waals surface area contributed by atoms with Gasteiger partial charge in [-0.1, -0.05) is 58.3 Å². The summed E-state index contributed by atoms with van der Waals surface area (Å²) in [4.78, 5) is 22.3. The molecule has 0 aromatic rings. The molecule has 0 N–H and O–H groups in total. The summed E-state index contributed by atoms with van der Waals surface area (Å²) < 4.78 is 14.7. The lowest BCUT2D eigenvalue weighted by molar-refractivity contribution is -0.147. The van der Waals surface area contributed by atoms with E-state index in [1.165, 1.54) is 52.1 Å². The summed E-state index contributed by atoms with van der Waals surface area (Å²) in [5, 5.41) is 0. The molecule has 0 radical (unpaired) electrons. The van der Waals surface area contributed by atoms with Gasteiger partial charge in [0.05, 0.1) is 26.7 Å². The summed E-state index contributed by atoms with van der Waals surface area (Å²) in [5.74, 6) is -0.461. The van der Waals surface area contributed by atoms with Crippen LogP contribution in [0.5, 0.6) is 0 Å². The SMILES string of the molecule is CCCCCCCCCCCC(=O)OCCOCCC(=O)OC. The van der Waals surface area contributed by atoms with E-state index >= 15 is 0 Å². The monoisotopic (exact) mass is 330 g/mol. The minimum Gasteiger partial charge on any atom is -0.469 e. The van der Waals surface area contributed by atoms with E-state index < -0.39 is 0 Å². The van der Waals surface area contributed by atoms with Crippen LogP contribution in [-0.4, -0.2) is 38.9 Å². The van der Waals surface area contributed by atoms with E-state index in [2.05, 4.69) is 11.7 Å². The van der Waals surface area contributed by atoms with Gasteiger partial charge in [0.25, 0.3) is 0 Å². The molecule has 0 bridgehead atoms. The maximum Gasteiger partial charge on any atom is 0.307 e. The second-order valence-electron chi connectivity index (χ2n) is 5.74. The Balaban J connectivity index is 3.20. The zero-order valence-corrected chi connectivity index (χ0v) is 14.9. The number of unbranched alkanes of at least 4 members (excludes halogenated alkanes) is 8. The molecule has 0 aromatic heterocycles. The standard InChI is InChI=1S/C18H34O5/c1-3-4-5-6-7-8-9-10-11-12-18(20)23-16-15-22-14-13-17(19)21-2/h3-16H2,1-2H3. The van der Waals surface area contributed by atoms with E-state index in [1.54, 1.807) is 0 Å². The van der Waals surface area contributed by atoms with Crippen molar-refractivity contribution < 1.29 is 23.8 Å². The predicted molar refractivity (Wildman–Crippen MR) is 90.3 cm³/mol. The van der Waals surface area contributed by atoms with Crippen LogP contribution in [0.15, 0.2) is 0 Å². The zero-order valence-electron chi connectivity index (χ0n) is 14.9. The van der Waals surface area contributed by atoms with Gasteiger partial charge in [0.15, 0.2) is 0 Å². The minimum absolute atomic E-state index is 0.162. The van der Waals surface area contributed by atoms with Crippen molar-refractivity contribution in [3.63, 3.8) is 0 Å². The van der Waals surface area contributed by atoms with Crippen LogP contribution in [0.2, 0.25) is 0 Å². The second kappa shape index (κ2) is 17.3. The van der Waals surface area contributed by atoms with Crippen LogP contribution in [-0.2, 0) is 23.8 Å². The molecule has 0 heterocycles. The normalized spacial score (nSPS) is 10.5. The van der Waals surface area contributed by atoms with E-state index in [1.807, 2.05) is 0 Å². The Kier molecular flexibility index (Phi) is 16.4. The van der Waals surface area contributed by atoms with Gasteiger partial charge in [-0.25, -0.2) is 0 Å². The third kappa shape index (κ3) is 17.1. The Morgan fingerprint density at radius 1 is 0.696 bits per heavy atom. The van der Waals surface area contributed by atoms with E-state index in [4.69, 9.17) is 9.47 Å². The highest BCUT2D eigenvalue weighted by Crippen LogP contribution is 2.10. The zero-order chi connectivity index (χ0) is 17.2. The first-order valence-corrected chi connectivity index (χ1v) is 9.00. The molecule has 0 saturated carbocycles. The van der Waals surface area contributed by atoms with Gasteiger partial charge in [-0.2, -0.15) is 0 Å². The first-order valence-electron chi connectivity index (χ1n) is 9.00. The summed E-state index contributed by atoms with van der Waals surface area (Å²) in [6.45, 7) is 3.09. The molecule has 0 spiro atoms. The summed E-state index contributed by atoms with van der Waals surface area (Å²) in [6, 6.07) is 0. The highest BCUT2D eigenvalue weighted by molar-refractivity contribution is 5.69. The molecule has 0 aliphatic rings. The second-order valence-corrected chi connectivity index (χ2v) is 5.74. The molecule has 23 heavy (non-hydrogen) atoms. The smallest absolute Gasteiger partial charge is 0.307 e. The number of carbonyl (C=O) groups excluding carboxylic acids is 2. The maximum atomic E-state index is 11.5. The first kappa shape index (κ1) is 21.9. The van der Waals surface area contributed by atoms with Gasteiger partial charge in [-0.05, 0) is 6.42 Å². The number of methoxy groups -OCH3 is 1. The molecule has 0 amide bonds. The number of carbonyl (C=O) groups is 2. The van der Waals surface area contributed by atoms with Gasteiger partial charge < -0.3 is 14.2 Å². The number of hydrogen-bond acceptors (Lipinski definition) is 5. The minimum atomic E-state index is -0.299. The van der Waals surface area contributed by atoms with Gasteiger partial charge in [0.1, 0.15) is 6.61 Å². The third-order valence-electron chi connectivity index (χ3n) is 3.65. The van der Waals surface area contributed by atoms with Crippen LogP contribution in [0.25, 0.3) is 0 Å². The average molecular weight is 330 g/mol. The molecule has 0 rings (SSSR count). The first-order chi connectivity index (χ1) is 11.2. The van der Waals surface area contributed by atoms with Crippen molar-refractivity contribution in [3.8, 4) is 0 Å². The van der Waals surface area contributed by atoms with Crippen LogP contribution in [0.3, 0.4) is 0 Å². The van der Waals surface area contributed by atoms with Crippen molar-refractivity contribution in [2.45, 2.75) is 77.6 Å². The Labute approximate surface area is 141 Å². The van der Waals surface area contributed by atoms with Gasteiger partial charge in [-0.3, -0.25) is 9.59 Å². The van der Waals surface area contributed by atoms with Gasteiger partial charge in [0, 0.05) is 6.42 Å². The largest absolute Gasteiger partial charge is 0.469 e. The molecule has 0 atom stereocenters. The Morgan fingerprint density at radius 2 is 1.30 bits per heavy atom. The summed E-state index contributed by atoms with van der Waals surface area (Å²) in [6.07, 6.45) is 11.8. The molecule has 0 aromatic carbocycles. The van der Waals surface area contributed by atoms with E-state index in [-0.39, 0.29) is 25.0 Å². The average Bonchev–Trinajstić information content (AvgIpc) is 2.56. The fourth-order valence-electron chi connectivity index (χ4n) is 2.23. The van der Waals surface area contributed by atoms with E-state index in [0.29, 0.717) is 19.6 Å². The molecular weight excluding hydrogens is 296 g/mol. The maximum absolute atomic E-state index is 11.5. The summed E-state index contributed by atoms with van der Waals surface area (Å²) in [5.41, 5.74) is 0. The molecule has 0 aliphatic heterocycles. The quantitative estimate of drug-likeness (QED) is 0.316. The predicted octanol–water partition coefficient (Wildman–Crippen LogP) is 4.03. The van der Waals surface area contributed by atoms with Crippen LogP contribution in [0, 0.1) is 0 Å². The van der Waals surface area contributed by atoms with Crippen molar-refractivity contribution in [1.29, 1.82) is 0 Å². The fourth-order valence-corrected chi connectivity index (χ4v) is 2.23. The lowest BCUT2D eigenvalue weighted by Gasteiger charge is -2.06. The Morgan fingerprint density at radius 3 is 1.91 bits per heavy atom. The Hall–Kier alpha value is -1.10. The molecule has 5 heteroatoms. The summed E-state index contributed by atoms with van der Waals surface area (Å²) >= 11 is 0. The van der Waals surface area contributed by atoms with Crippen molar-refractivity contribution in [2.75, 3.05) is 26.9 Å². The molecule has 0 aliphatic carbocycles. The lowest BCUT2D eigenvalue weighted by Crippen LogP contribution is -2.12. The fraction of sp³-hybridized carbons (Fsp3) is 0.889. The van der Waals surface area contributed by atoms with Gasteiger partial charge >= 0.3 is 11.9 Å². The van der Waals surface area contributed by atoms with E-state index in [0.717, 1.165) is 12.8 Å². The molecule has 136 valence electrons. The summed E-state index contributed by atoms with van der Waals surface area (Å²) in [7, 11) is 1.34. The number of hydrogen-bond donors (Lipinski definition) is 0. The molecule has 5 nitrogen and oxygen atoms in total. The number of rotatable bonds is 16. The topological polar surface area (TPSA) is 61.8 Å². The van der Waals surface area contributed by atoms with Crippen molar-refractivity contribution >= 4 is 11.9 Å². The molecular formula is C18H34O5. The van der Waals surface area contributed by atoms with Crippen molar-refractivity contribution in [2.24, 2.45) is 0 Å². The highest BCUT2D eigenvalue weighted by atomic mass is 16.6. The molecule has 0 unspecified atom stereocenters. The van der Waals surface area contributed by atoms with E-state index in [9.17, 15) is 9.59 Å². The van der Waals surface area contributed by atoms with Crippen LogP contribution in [0.4, 0.5) is 0 Å². The van der Waals surface area contributed by atoms with Crippen LogP contribution in [0.1, 0.15) is 77.6 Å². The Bertz CT molecular complexity index is 291. The van der Waals surface area contributed by atoms with Crippen LogP contribution < -0.4 is 0 Å². The number of ether oxygens (including phenoxy) is 3. The third-order valence-corrected chi connectivity index (χ3v) is 3.65. The lowest BCUT2D eigenvalue weighted by atomic mass is 10.1. The van der Waals surface area contributed by atoms with Crippen LogP contribution >= 0.6 is 0 Å². The molecule has 0 saturated heterocycles. The highest BCUT2D eigenvalue weighted by Gasteiger charge is 2.03. The van der Waals surface area contributed by atoms with Crippen molar-refractivity contribution in [3.05, 3.63) is 0 Å². The molecule has 0 fully saturated rings. The van der Waals surface area contributed by atoms with Gasteiger partial charge in [-0.15, -0.1) is 0 Å². The van der Waals surface area contributed by atoms with Gasteiger partial charge in [0.2, 0.25) is 0 Å². The van der Waals surface area contributed by atoms with Crippen molar-refractivity contribution in [1.82, 2.24) is 0 Å².